The quantitative estimate of drug-likeness (QED) is 0.872. The molecule has 0 radical (unpaired) electrons. The molecular weight excluding hydrogens is 286 g/mol. The average Bonchev–Trinajstić information content (AvgIpc) is 2.44. The van der Waals surface area contributed by atoms with E-state index in [1.54, 1.807) is 0 Å². The number of nitrogens with zero attached hydrogens (tertiary/aromatic N) is 1. The van der Waals surface area contributed by atoms with Crippen molar-refractivity contribution in [2.75, 3.05) is 11.4 Å². The first-order valence-electron chi connectivity index (χ1n) is 6.82. The Hall–Kier alpha value is -2.00. The molecule has 2 aromatic carbocycles. The Labute approximate surface area is 129 Å². The molecule has 0 fully saturated rings. The molecule has 0 aromatic heterocycles. The van der Waals surface area contributed by atoms with Gasteiger partial charge < -0.3 is 10.0 Å². The lowest BCUT2D eigenvalue weighted by molar-refractivity contribution is -0.136. The lowest BCUT2D eigenvalue weighted by atomic mass is 10.1. The fourth-order valence-corrected chi connectivity index (χ4v) is 2.35. The zero-order valence-corrected chi connectivity index (χ0v) is 12.7. The molecule has 110 valence electrons. The molecule has 0 heterocycles. The maximum atomic E-state index is 10.8. The minimum atomic E-state index is -0.793. The maximum absolute atomic E-state index is 10.8. The van der Waals surface area contributed by atoms with Crippen molar-refractivity contribution in [3.8, 4) is 0 Å². The van der Waals surface area contributed by atoms with Gasteiger partial charge in [0.05, 0.1) is 6.42 Å². The van der Waals surface area contributed by atoms with E-state index in [1.165, 1.54) is 5.56 Å². The summed E-state index contributed by atoms with van der Waals surface area (Å²) >= 11 is 6.01. The molecule has 2 rings (SSSR count). The number of rotatable bonds is 6. The summed E-state index contributed by atoms with van der Waals surface area (Å²) in [5, 5.41) is 9.61. The largest absolute Gasteiger partial charge is 0.481 e. The first-order chi connectivity index (χ1) is 10.0. The summed E-state index contributed by atoms with van der Waals surface area (Å²) in [5.41, 5.74) is 3.26. The van der Waals surface area contributed by atoms with Gasteiger partial charge in [0.15, 0.2) is 0 Å². The summed E-state index contributed by atoms with van der Waals surface area (Å²) in [4.78, 5) is 12.9. The summed E-state index contributed by atoms with van der Waals surface area (Å²) in [7, 11) is 0. The Morgan fingerprint density at radius 2 is 1.90 bits per heavy atom. The number of carboxylic acids is 1. The Morgan fingerprint density at radius 1 is 1.19 bits per heavy atom. The van der Waals surface area contributed by atoms with Gasteiger partial charge in [-0.15, -0.1) is 0 Å². The van der Waals surface area contributed by atoms with E-state index in [-0.39, 0.29) is 6.42 Å². The monoisotopic (exact) mass is 303 g/mol. The third-order valence-corrected chi connectivity index (χ3v) is 3.49. The number of hydrogen-bond donors (Lipinski definition) is 1. The number of benzene rings is 2. The number of aliphatic carboxylic acids is 1. The smallest absolute Gasteiger partial charge is 0.305 e. The zero-order valence-electron chi connectivity index (χ0n) is 11.9. The summed E-state index contributed by atoms with van der Waals surface area (Å²) in [6, 6.07) is 15.7. The molecule has 21 heavy (non-hydrogen) atoms. The maximum Gasteiger partial charge on any atom is 0.305 e. The van der Waals surface area contributed by atoms with E-state index in [9.17, 15) is 4.79 Å². The van der Waals surface area contributed by atoms with Gasteiger partial charge in [-0.2, -0.15) is 0 Å². The van der Waals surface area contributed by atoms with E-state index >= 15 is 0 Å². The molecule has 0 saturated heterocycles. The van der Waals surface area contributed by atoms with Crippen LogP contribution >= 0.6 is 11.6 Å². The molecule has 0 aliphatic heterocycles. The summed E-state index contributed by atoms with van der Waals surface area (Å²) in [6.07, 6.45) is 0.106. The van der Waals surface area contributed by atoms with Gasteiger partial charge in [0.2, 0.25) is 0 Å². The molecule has 0 unspecified atom stereocenters. The van der Waals surface area contributed by atoms with E-state index in [1.807, 2.05) is 55.5 Å². The summed E-state index contributed by atoms with van der Waals surface area (Å²) < 4.78 is 0. The highest BCUT2D eigenvalue weighted by Gasteiger charge is 2.10. The van der Waals surface area contributed by atoms with Crippen molar-refractivity contribution < 1.29 is 9.90 Å². The average molecular weight is 304 g/mol. The molecular formula is C17H18ClNO2. The second kappa shape index (κ2) is 7.14. The van der Waals surface area contributed by atoms with E-state index in [0.717, 1.165) is 11.3 Å². The normalized spacial score (nSPS) is 10.4. The van der Waals surface area contributed by atoms with Crippen LogP contribution in [0.2, 0.25) is 5.02 Å². The molecule has 4 heteroatoms. The van der Waals surface area contributed by atoms with E-state index in [4.69, 9.17) is 16.7 Å². The van der Waals surface area contributed by atoms with Gasteiger partial charge in [-0.3, -0.25) is 4.79 Å². The molecule has 0 aliphatic carbocycles. The van der Waals surface area contributed by atoms with Crippen LogP contribution in [0.15, 0.2) is 48.5 Å². The highest BCUT2D eigenvalue weighted by molar-refractivity contribution is 6.30. The molecule has 0 bridgehead atoms. The van der Waals surface area contributed by atoms with Crippen LogP contribution in [0.5, 0.6) is 0 Å². The van der Waals surface area contributed by atoms with Crippen LogP contribution in [-0.4, -0.2) is 17.6 Å². The van der Waals surface area contributed by atoms with Crippen LogP contribution in [-0.2, 0) is 11.3 Å². The highest BCUT2D eigenvalue weighted by atomic mass is 35.5. The SMILES string of the molecule is Cc1ccc(N(CCC(=O)O)Cc2cccc(Cl)c2)cc1. The van der Waals surface area contributed by atoms with Gasteiger partial charge in [0, 0.05) is 23.8 Å². The van der Waals surface area contributed by atoms with E-state index in [2.05, 4.69) is 4.90 Å². The van der Waals surface area contributed by atoms with E-state index < -0.39 is 5.97 Å². The minimum Gasteiger partial charge on any atom is -0.481 e. The molecule has 0 spiro atoms. The van der Waals surface area contributed by atoms with Crippen molar-refractivity contribution >= 4 is 23.3 Å². The van der Waals surface area contributed by atoms with Crippen molar-refractivity contribution in [1.82, 2.24) is 0 Å². The number of aryl methyl sites for hydroxylation is 1. The molecule has 0 atom stereocenters. The molecule has 3 nitrogen and oxygen atoms in total. The predicted molar refractivity (Wildman–Crippen MR) is 85.9 cm³/mol. The van der Waals surface area contributed by atoms with Crippen LogP contribution in [0.4, 0.5) is 5.69 Å². The highest BCUT2D eigenvalue weighted by Crippen LogP contribution is 2.20. The molecule has 1 N–H and O–H groups in total. The summed E-state index contributed by atoms with van der Waals surface area (Å²) in [6.45, 7) is 3.13. The lowest BCUT2D eigenvalue weighted by Crippen LogP contribution is -2.25. The van der Waals surface area contributed by atoms with Crippen LogP contribution in [0.3, 0.4) is 0 Å². The van der Waals surface area contributed by atoms with Crippen molar-refractivity contribution in [2.24, 2.45) is 0 Å². The van der Waals surface area contributed by atoms with Crippen LogP contribution < -0.4 is 4.90 Å². The predicted octanol–water partition coefficient (Wildman–Crippen LogP) is 4.13. The minimum absolute atomic E-state index is 0.106. The van der Waals surface area contributed by atoms with Gasteiger partial charge in [-0.1, -0.05) is 41.4 Å². The van der Waals surface area contributed by atoms with Gasteiger partial charge in [0.25, 0.3) is 0 Å². The van der Waals surface area contributed by atoms with Gasteiger partial charge in [-0.25, -0.2) is 0 Å². The van der Waals surface area contributed by atoms with Crippen molar-refractivity contribution in [2.45, 2.75) is 19.9 Å². The molecule has 0 aliphatic rings. The molecule has 0 saturated carbocycles. The van der Waals surface area contributed by atoms with Crippen LogP contribution in [0.25, 0.3) is 0 Å². The van der Waals surface area contributed by atoms with Gasteiger partial charge in [-0.05, 0) is 36.8 Å². The van der Waals surface area contributed by atoms with Crippen molar-refractivity contribution in [1.29, 1.82) is 0 Å². The fourth-order valence-electron chi connectivity index (χ4n) is 2.14. The van der Waals surface area contributed by atoms with Crippen molar-refractivity contribution in [3.05, 3.63) is 64.7 Å². The van der Waals surface area contributed by atoms with Crippen molar-refractivity contribution in [3.63, 3.8) is 0 Å². The topological polar surface area (TPSA) is 40.5 Å². The fraction of sp³-hybridized carbons (Fsp3) is 0.235. The second-order valence-electron chi connectivity index (χ2n) is 5.03. The Morgan fingerprint density at radius 3 is 2.52 bits per heavy atom. The molecule has 2 aromatic rings. The van der Waals surface area contributed by atoms with Gasteiger partial charge >= 0.3 is 5.97 Å². The van der Waals surface area contributed by atoms with Crippen LogP contribution in [0.1, 0.15) is 17.5 Å². The van der Waals surface area contributed by atoms with Gasteiger partial charge in [0.1, 0.15) is 0 Å². The number of carboxylic acid groups (broad SMARTS) is 1. The number of halogens is 1. The van der Waals surface area contributed by atoms with E-state index in [0.29, 0.717) is 18.1 Å². The standard InChI is InChI=1S/C17H18ClNO2/c1-13-5-7-16(8-6-13)19(10-9-17(20)21)12-14-3-2-4-15(18)11-14/h2-8,11H,9-10,12H2,1H3,(H,20,21). The first-order valence-corrected chi connectivity index (χ1v) is 7.20. The number of hydrogen-bond acceptors (Lipinski definition) is 2. The lowest BCUT2D eigenvalue weighted by Gasteiger charge is -2.24. The Kier molecular flexibility index (Phi) is 5.23. The molecule has 0 amide bonds. The summed E-state index contributed by atoms with van der Waals surface area (Å²) in [5.74, 6) is -0.793. The van der Waals surface area contributed by atoms with Crippen LogP contribution in [0, 0.1) is 6.92 Å². The second-order valence-corrected chi connectivity index (χ2v) is 5.47. The Balaban J connectivity index is 2.19. The zero-order chi connectivity index (χ0) is 15.2. The number of anilines is 1. The third-order valence-electron chi connectivity index (χ3n) is 3.26. The first kappa shape index (κ1) is 15.4. The third kappa shape index (κ3) is 4.80. The Bertz CT molecular complexity index is 610. The number of carbonyl (C=O) groups is 1.